The standard InChI is InChI=1S/C14H23NO5S/c1-20-13(17)14(5-6-14)9-21(18,19)15-7-4-10-2-3-12(16)11(15)8-10/h10-12,16H,2-9H2,1H3. The molecule has 3 rings (SSSR count). The number of ether oxygens (including phenoxy) is 1. The second kappa shape index (κ2) is 5.21. The molecule has 7 heteroatoms. The molecule has 3 fully saturated rings. The first-order valence-corrected chi connectivity index (χ1v) is 9.25. The van der Waals surface area contributed by atoms with Crippen LogP contribution < -0.4 is 0 Å². The molecule has 3 atom stereocenters. The van der Waals surface area contributed by atoms with Crippen LogP contribution in [0.5, 0.6) is 0 Å². The van der Waals surface area contributed by atoms with E-state index in [1.165, 1.54) is 11.4 Å². The third-order valence-electron chi connectivity index (χ3n) is 5.31. The first-order valence-electron chi connectivity index (χ1n) is 7.64. The number of nitrogens with zero attached hydrogens (tertiary/aromatic N) is 1. The number of esters is 1. The Morgan fingerprint density at radius 3 is 2.67 bits per heavy atom. The summed E-state index contributed by atoms with van der Waals surface area (Å²) in [6.45, 7) is 0.464. The predicted octanol–water partition coefficient (Wildman–Crippen LogP) is 0.505. The van der Waals surface area contributed by atoms with Gasteiger partial charge in [-0.1, -0.05) is 0 Å². The Hall–Kier alpha value is -0.660. The van der Waals surface area contributed by atoms with Crippen molar-refractivity contribution >= 4 is 16.0 Å². The molecule has 21 heavy (non-hydrogen) atoms. The number of carbonyl (C=O) groups excluding carboxylic acids is 1. The summed E-state index contributed by atoms with van der Waals surface area (Å²) in [6.07, 6.45) is 3.82. The molecule has 6 nitrogen and oxygen atoms in total. The summed E-state index contributed by atoms with van der Waals surface area (Å²) in [4.78, 5) is 11.8. The SMILES string of the molecule is COC(=O)C1(CS(=O)(=O)N2CCC3CCC(O)C2C3)CC1. The molecule has 120 valence electrons. The number of piperidine rings is 1. The van der Waals surface area contributed by atoms with Gasteiger partial charge in [0.25, 0.3) is 0 Å². The van der Waals surface area contributed by atoms with Gasteiger partial charge in [-0.3, -0.25) is 4.79 Å². The van der Waals surface area contributed by atoms with E-state index in [0.29, 0.717) is 31.7 Å². The van der Waals surface area contributed by atoms with Crippen molar-refractivity contribution < 1.29 is 23.1 Å². The van der Waals surface area contributed by atoms with E-state index in [2.05, 4.69) is 0 Å². The van der Waals surface area contributed by atoms with Crippen molar-refractivity contribution in [2.24, 2.45) is 11.3 Å². The lowest BCUT2D eigenvalue weighted by molar-refractivity contribution is -0.146. The zero-order valence-corrected chi connectivity index (χ0v) is 13.1. The first kappa shape index (κ1) is 15.2. The average Bonchev–Trinajstić information content (AvgIpc) is 3.22. The van der Waals surface area contributed by atoms with Crippen LogP contribution in [0.3, 0.4) is 0 Å². The zero-order valence-electron chi connectivity index (χ0n) is 12.3. The van der Waals surface area contributed by atoms with Gasteiger partial charge in [0, 0.05) is 6.54 Å². The van der Waals surface area contributed by atoms with Crippen LogP contribution >= 0.6 is 0 Å². The molecule has 0 aromatic carbocycles. The molecule has 1 aliphatic heterocycles. The lowest BCUT2D eigenvalue weighted by Crippen LogP contribution is -2.55. The summed E-state index contributed by atoms with van der Waals surface area (Å²) in [5, 5.41) is 10.1. The largest absolute Gasteiger partial charge is 0.469 e. The summed E-state index contributed by atoms with van der Waals surface area (Å²) >= 11 is 0. The first-order chi connectivity index (χ1) is 9.88. The monoisotopic (exact) mass is 317 g/mol. The quantitative estimate of drug-likeness (QED) is 0.764. The third kappa shape index (κ3) is 2.71. The van der Waals surface area contributed by atoms with Crippen molar-refractivity contribution in [3.63, 3.8) is 0 Å². The fourth-order valence-corrected chi connectivity index (χ4v) is 6.11. The number of carbonyl (C=O) groups is 1. The van der Waals surface area contributed by atoms with Crippen LogP contribution in [-0.4, -0.2) is 55.4 Å². The Kier molecular flexibility index (Phi) is 3.78. The van der Waals surface area contributed by atoms with Gasteiger partial charge in [-0.25, -0.2) is 8.42 Å². The highest BCUT2D eigenvalue weighted by molar-refractivity contribution is 7.89. The number of methoxy groups -OCH3 is 1. The third-order valence-corrected chi connectivity index (χ3v) is 7.39. The van der Waals surface area contributed by atoms with Crippen LogP contribution in [0.4, 0.5) is 0 Å². The molecule has 2 bridgehead atoms. The van der Waals surface area contributed by atoms with E-state index in [1.54, 1.807) is 0 Å². The molecule has 0 spiro atoms. The number of aliphatic hydroxyl groups is 1. The molecule has 3 aliphatic rings. The smallest absolute Gasteiger partial charge is 0.312 e. The van der Waals surface area contributed by atoms with E-state index in [-0.39, 0.29) is 11.8 Å². The maximum absolute atomic E-state index is 12.7. The molecule has 2 saturated carbocycles. The van der Waals surface area contributed by atoms with E-state index in [1.807, 2.05) is 0 Å². The number of hydrogen-bond donors (Lipinski definition) is 1. The molecule has 3 unspecified atom stereocenters. The number of sulfonamides is 1. The van der Waals surface area contributed by atoms with Crippen molar-refractivity contribution in [2.45, 2.75) is 50.7 Å². The van der Waals surface area contributed by atoms with Gasteiger partial charge < -0.3 is 9.84 Å². The minimum absolute atomic E-state index is 0.180. The predicted molar refractivity (Wildman–Crippen MR) is 75.9 cm³/mol. The van der Waals surface area contributed by atoms with Crippen LogP contribution in [-0.2, 0) is 19.6 Å². The van der Waals surface area contributed by atoms with Crippen molar-refractivity contribution in [3.8, 4) is 0 Å². The lowest BCUT2D eigenvalue weighted by atomic mass is 9.79. The van der Waals surface area contributed by atoms with Crippen molar-refractivity contribution in [2.75, 3.05) is 19.4 Å². The van der Waals surface area contributed by atoms with Gasteiger partial charge in [0.1, 0.15) is 0 Å². The molecular formula is C14H23NO5S. The number of rotatable bonds is 4. The van der Waals surface area contributed by atoms with Crippen LogP contribution in [0.2, 0.25) is 0 Å². The lowest BCUT2D eigenvalue weighted by Gasteiger charge is -2.44. The maximum Gasteiger partial charge on any atom is 0.312 e. The zero-order chi connectivity index (χ0) is 15.3. The Balaban J connectivity index is 1.77. The molecule has 0 aromatic heterocycles. The Bertz CT molecular complexity index is 527. The van der Waals surface area contributed by atoms with Gasteiger partial charge in [-0.15, -0.1) is 0 Å². The second-order valence-corrected chi connectivity index (χ2v) is 8.66. The Morgan fingerprint density at radius 1 is 1.33 bits per heavy atom. The van der Waals surface area contributed by atoms with Crippen molar-refractivity contribution in [1.82, 2.24) is 4.31 Å². The Labute approximate surface area is 125 Å². The minimum atomic E-state index is -3.54. The normalized spacial score (nSPS) is 35.2. The van der Waals surface area contributed by atoms with Gasteiger partial charge in [0.15, 0.2) is 0 Å². The molecule has 2 aliphatic carbocycles. The molecule has 1 saturated heterocycles. The van der Waals surface area contributed by atoms with E-state index < -0.39 is 27.5 Å². The van der Waals surface area contributed by atoms with Crippen LogP contribution in [0.1, 0.15) is 38.5 Å². The van der Waals surface area contributed by atoms with E-state index in [4.69, 9.17) is 4.74 Å². The second-order valence-electron chi connectivity index (χ2n) is 6.74. The number of aliphatic hydroxyl groups excluding tert-OH is 1. The van der Waals surface area contributed by atoms with Crippen LogP contribution in [0.25, 0.3) is 0 Å². The highest BCUT2D eigenvalue weighted by Gasteiger charge is 2.56. The maximum atomic E-state index is 12.7. The summed E-state index contributed by atoms with van der Waals surface area (Å²) in [5.74, 6) is -0.0777. The van der Waals surface area contributed by atoms with E-state index in [9.17, 15) is 18.3 Å². The van der Waals surface area contributed by atoms with Gasteiger partial charge in [0.05, 0.1) is 30.4 Å². The molecule has 1 N–H and O–H groups in total. The molecule has 0 radical (unpaired) electrons. The minimum Gasteiger partial charge on any atom is -0.469 e. The van der Waals surface area contributed by atoms with Gasteiger partial charge in [-0.05, 0) is 44.4 Å². The average molecular weight is 317 g/mol. The van der Waals surface area contributed by atoms with E-state index >= 15 is 0 Å². The summed E-state index contributed by atoms with van der Waals surface area (Å²) in [7, 11) is -2.25. The van der Waals surface area contributed by atoms with E-state index in [0.717, 1.165) is 19.3 Å². The summed E-state index contributed by atoms with van der Waals surface area (Å²) < 4.78 is 31.6. The van der Waals surface area contributed by atoms with Crippen LogP contribution in [0, 0.1) is 11.3 Å². The summed E-state index contributed by atoms with van der Waals surface area (Å²) in [6, 6.07) is -0.309. The Morgan fingerprint density at radius 2 is 2.05 bits per heavy atom. The number of hydrogen-bond acceptors (Lipinski definition) is 5. The number of fused-ring (bicyclic) bond motifs is 2. The topological polar surface area (TPSA) is 83.9 Å². The van der Waals surface area contributed by atoms with Gasteiger partial charge in [0.2, 0.25) is 10.0 Å². The molecule has 1 heterocycles. The van der Waals surface area contributed by atoms with Gasteiger partial charge >= 0.3 is 5.97 Å². The molecule has 0 aromatic rings. The molecular weight excluding hydrogens is 294 g/mol. The summed E-state index contributed by atoms with van der Waals surface area (Å²) in [5.41, 5.74) is -0.843. The van der Waals surface area contributed by atoms with Crippen molar-refractivity contribution in [1.29, 1.82) is 0 Å². The highest BCUT2D eigenvalue weighted by atomic mass is 32.2. The van der Waals surface area contributed by atoms with Crippen LogP contribution in [0.15, 0.2) is 0 Å². The van der Waals surface area contributed by atoms with Crippen molar-refractivity contribution in [3.05, 3.63) is 0 Å². The highest BCUT2D eigenvalue weighted by Crippen LogP contribution is 2.49. The molecule has 0 amide bonds. The fourth-order valence-electron chi connectivity index (χ4n) is 3.81. The fraction of sp³-hybridized carbons (Fsp3) is 0.929. The van der Waals surface area contributed by atoms with Gasteiger partial charge in [-0.2, -0.15) is 4.31 Å².